The van der Waals surface area contributed by atoms with Crippen LogP contribution in [0, 0.1) is 10.8 Å². The first-order valence-corrected chi connectivity index (χ1v) is 18.6. The molecule has 0 radical (unpaired) electrons. The van der Waals surface area contributed by atoms with Crippen molar-refractivity contribution in [3.05, 3.63) is 36.9 Å². The van der Waals surface area contributed by atoms with E-state index in [0.717, 1.165) is 12.5 Å². The normalized spacial score (nSPS) is 12.1. The van der Waals surface area contributed by atoms with E-state index in [0.29, 0.717) is 39.5 Å². The number of ether oxygens (including phenoxy) is 4. The topological polar surface area (TPSA) is 314 Å². The number of rotatable bonds is 28. The first kappa shape index (κ1) is 54.7. The second-order valence-corrected chi connectivity index (χ2v) is 13.7. The minimum absolute atomic E-state index is 0. The molecule has 0 bridgehead atoms. The summed E-state index contributed by atoms with van der Waals surface area (Å²) in [5.74, 6) is -0.429. The molecule has 50 heavy (non-hydrogen) atoms. The maximum absolute atomic E-state index is 12.1. The van der Waals surface area contributed by atoms with Gasteiger partial charge in [0.1, 0.15) is 13.2 Å². The zero-order valence-electron chi connectivity index (χ0n) is 30.1. The second-order valence-electron chi connectivity index (χ2n) is 10.4. The van der Waals surface area contributed by atoms with Gasteiger partial charge in [0, 0.05) is 54.4 Å². The molecule has 0 fully saturated rings. The van der Waals surface area contributed by atoms with Gasteiger partial charge in [-0.05, 0) is 43.2 Å². The van der Waals surface area contributed by atoms with Crippen LogP contribution in [0.5, 0.6) is 0 Å². The van der Waals surface area contributed by atoms with Gasteiger partial charge in [-0.15, -0.1) is 0 Å². The Morgan fingerprint density at radius 3 is 1.22 bits per heavy atom. The molecule has 0 aromatic rings. The minimum atomic E-state index is -3.75. The summed E-state index contributed by atoms with van der Waals surface area (Å²) in [5, 5.41) is 7.05. The molecule has 0 heterocycles. The van der Waals surface area contributed by atoms with E-state index in [4.69, 9.17) is 49.4 Å². The summed E-state index contributed by atoms with van der Waals surface area (Å²) in [5.41, 5.74) is 28.6. The van der Waals surface area contributed by atoms with E-state index in [1.54, 1.807) is 6.92 Å². The molecule has 0 saturated carbocycles. The van der Waals surface area contributed by atoms with Gasteiger partial charge in [0.2, 0.25) is 0 Å². The van der Waals surface area contributed by atoms with Gasteiger partial charge in [0.25, 0.3) is 20.2 Å². The summed E-state index contributed by atoms with van der Waals surface area (Å²) in [6.45, 7) is 9.13. The van der Waals surface area contributed by atoms with Crippen molar-refractivity contribution in [1.29, 1.82) is 0 Å². The molecule has 0 atom stereocenters. The molecular weight excluding hydrogens is 717 g/mol. The molecule has 0 aromatic carbocycles. The SMILES string of the molecule is CCOCCOCC(=O)CC(CC)(CN=[N+]=[N-])CN=[N+]=[N-].CCOCCOCC(=O)CC(CC)(COS(C)(=O)=O)COS(C)(=O)=O.[N-]=[N+]=[N-].[Na+]. The predicted molar refractivity (Wildman–Crippen MR) is 179 cm³/mol. The molecule has 24 heteroatoms. The number of ketones is 2. The van der Waals surface area contributed by atoms with Crippen molar-refractivity contribution < 1.29 is 83.3 Å². The fourth-order valence-corrected chi connectivity index (χ4v) is 4.57. The van der Waals surface area contributed by atoms with E-state index in [2.05, 4.69) is 20.1 Å². The molecule has 0 saturated heterocycles. The van der Waals surface area contributed by atoms with Crippen molar-refractivity contribution in [1.82, 2.24) is 0 Å². The summed E-state index contributed by atoms with van der Waals surface area (Å²) >= 11 is 0. The van der Waals surface area contributed by atoms with Crippen LogP contribution >= 0.6 is 0 Å². The molecule has 21 nitrogen and oxygen atoms in total. The Labute approximate surface area is 316 Å². The van der Waals surface area contributed by atoms with Crippen LogP contribution in [0.4, 0.5) is 0 Å². The number of carbonyl (C=O) groups excluding carboxylic acids is 2. The zero-order valence-corrected chi connectivity index (χ0v) is 33.7. The molecule has 0 aliphatic carbocycles. The molecule has 0 unspecified atom stereocenters. The zero-order chi connectivity index (χ0) is 38.2. The first-order chi connectivity index (χ1) is 23.0. The average molecular weight is 768 g/mol. The fourth-order valence-electron chi connectivity index (χ4n) is 3.65. The molecule has 0 aliphatic heterocycles. The van der Waals surface area contributed by atoms with E-state index in [9.17, 15) is 26.4 Å². The molecule has 284 valence electrons. The molecule has 0 aliphatic rings. The van der Waals surface area contributed by atoms with Crippen LogP contribution in [0.2, 0.25) is 0 Å². The summed E-state index contributed by atoms with van der Waals surface area (Å²) < 4.78 is 75.2. The Morgan fingerprint density at radius 2 is 0.940 bits per heavy atom. The monoisotopic (exact) mass is 767 g/mol. The molecule has 0 rings (SSSR count). The van der Waals surface area contributed by atoms with Crippen molar-refractivity contribution >= 4 is 31.8 Å². The quantitative estimate of drug-likeness (QED) is 0.0271. The number of hydrogen-bond acceptors (Lipinski definition) is 14. The van der Waals surface area contributed by atoms with Crippen LogP contribution in [0.25, 0.3) is 36.9 Å². The summed E-state index contributed by atoms with van der Waals surface area (Å²) in [6, 6.07) is 0. The van der Waals surface area contributed by atoms with E-state index in [1.807, 2.05) is 20.8 Å². The Hall–Kier alpha value is -2.07. The third kappa shape index (κ3) is 34.4. The van der Waals surface area contributed by atoms with Crippen molar-refractivity contribution in [2.24, 2.45) is 21.1 Å². The molecule has 0 amide bonds. The van der Waals surface area contributed by atoms with Crippen molar-refractivity contribution in [3.63, 3.8) is 0 Å². The first-order valence-electron chi connectivity index (χ1n) is 15.0. The van der Waals surface area contributed by atoms with Crippen LogP contribution in [0.3, 0.4) is 0 Å². The summed E-state index contributed by atoms with van der Waals surface area (Å²) in [6.07, 6.45) is 2.62. The van der Waals surface area contributed by atoms with Crippen LogP contribution < -0.4 is 29.6 Å². The molecule has 0 spiro atoms. The van der Waals surface area contributed by atoms with E-state index >= 15 is 0 Å². The third-order valence-corrected chi connectivity index (χ3v) is 7.51. The largest absolute Gasteiger partial charge is 1.00 e. The number of Topliss-reactive ketones (excluding diaryl/α,β-unsaturated/α-hetero) is 2. The Morgan fingerprint density at radius 1 is 0.620 bits per heavy atom. The van der Waals surface area contributed by atoms with E-state index in [-0.39, 0.29) is 107 Å². The molecule has 0 N–H and O–H groups in total. The van der Waals surface area contributed by atoms with Gasteiger partial charge in [-0.1, -0.05) is 24.1 Å². The Balaban J connectivity index is -0.000000389. The van der Waals surface area contributed by atoms with E-state index in [1.165, 1.54) is 4.91 Å². The summed E-state index contributed by atoms with van der Waals surface area (Å²) in [4.78, 5) is 31.0. The Kier molecular flexibility index (Phi) is 35.9. The van der Waals surface area contributed by atoms with Crippen molar-refractivity contribution in [2.45, 2.75) is 53.4 Å². The predicted octanol–water partition coefficient (Wildman–Crippen LogP) is 1.23. The minimum Gasteiger partial charge on any atom is -0.379 e. The van der Waals surface area contributed by atoms with Gasteiger partial charge >= 0.3 is 29.6 Å². The Bertz CT molecular complexity index is 1230. The maximum atomic E-state index is 12.1. The van der Waals surface area contributed by atoms with Crippen molar-refractivity contribution in [2.75, 3.05) is 91.7 Å². The number of nitrogens with zero attached hydrogens (tertiary/aromatic N) is 9. The van der Waals surface area contributed by atoms with Crippen LogP contribution in [0.15, 0.2) is 10.2 Å². The number of azide groups is 2. The van der Waals surface area contributed by atoms with Crippen molar-refractivity contribution in [3.8, 4) is 0 Å². The fraction of sp³-hybridized carbons (Fsp3) is 0.923. The molecular formula is C26H50N9NaO12S2. The smallest absolute Gasteiger partial charge is 0.379 e. The maximum Gasteiger partial charge on any atom is 1.00 e. The third-order valence-electron chi connectivity index (χ3n) is 6.42. The van der Waals surface area contributed by atoms with Gasteiger partial charge in [0.15, 0.2) is 11.6 Å². The van der Waals surface area contributed by atoms with Gasteiger partial charge in [-0.25, -0.2) is 0 Å². The molecule has 0 aromatic heterocycles. The number of carbonyl (C=O) groups is 2. The van der Waals surface area contributed by atoms with Gasteiger partial charge < -0.3 is 30.0 Å². The number of hydrogen-bond donors (Lipinski definition) is 0. The van der Waals surface area contributed by atoms with Crippen LogP contribution in [0.1, 0.15) is 53.4 Å². The van der Waals surface area contributed by atoms with Crippen LogP contribution in [-0.4, -0.2) is 120 Å². The van der Waals surface area contributed by atoms with Gasteiger partial charge in [-0.2, -0.15) is 16.8 Å². The summed E-state index contributed by atoms with van der Waals surface area (Å²) in [7, 11) is -7.50. The van der Waals surface area contributed by atoms with E-state index < -0.39 is 31.1 Å². The second kappa shape index (κ2) is 32.8. The van der Waals surface area contributed by atoms with Gasteiger partial charge in [0.05, 0.1) is 52.2 Å². The standard InChI is InChI=1S/C14H28O9S2.C12H22N6O3.N3.Na/c1-5-14(11-22-24(3,16)17,12-23-25(4,18)19)9-13(15)10-21-8-7-20-6-2;1-3-12(9-15-17-13,10-16-18-14)7-11(19)8-21-6-5-20-4-2;1-3-2;/h5-12H2,1-4H3;3-10H2,1-2H3;;/q;;-1;+1. The average Bonchev–Trinajstić information content (AvgIpc) is 3.03. The van der Waals surface area contributed by atoms with Crippen LogP contribution in [-0.2, 0) is 57.1 Å². The van der Waals surface area contributed by atoms with Gasteiger partial charge in [-0.3, -0.25) is 22.9 Å².